The lowest BCUT2D eigenvalue weighted by atomic mass is 10.3. The van der Waals surface area contributed by atoms with Crippen LogP contribution in [-0.2, 0) is 11.3 Å². The Kier molecular flexibility index (Phi) is 3.06. The third-order valence-electron chi connectivity index (χ3n) is 2.34. The van der Waals surface area contributed by atoms with Crippen molar-refractivity contribution < 1.29 is 9.18 Å². The van der Waals surface area contributed by atoms with Crippen molar-refractivity contribution in [3.63, 3.8) is 0 Å². The highest BCUT2D eigenvalue weighted by molar-refractivity contribution is 5.81. The molecular formula is C11H13FN4O. The van der Waals surface area contributed by atoms with Crippen LogP contribution >= 0.6 is 0 Å². The Morgan fingerprint density at radius 3 is 3.12 bits per heavy atom. The number of carbonyl (C=O) groups is 1. The fourth-order valence-corrected chi connectivity index (χ4v) is 1.45. The Balaban J connectivity index is 2.12. The van der Waals surface area contributed by atoms with Crippen LogP contribution in [0.25, 0.3) is 11.0 Å². The molecule has 0 aliphatic carbocycles. The second-order valence-corrected chi connectivity index (χ2v) is 3.85. The molecule has 0 bridgehead atoms. The van der Waals surface area contributed by atoms with Crippen LogP contribution in [-0.4, -0.2) is 21.9 Å². The van der Waals surface area contributed by atoms with Crippen LogP contribution in [0.1, 0.15) is 12.7 Å². The minimum atomic E-state index is -0.558. The molecule has 4 N–H and O–H groups in total. The number of hydrogen-bond donors (Lipinski definition) is 3. The molecule has 6 heteroatoms. The van der Waals surface area contributed by atoms with E-state index in [-0.39, 0.29) is 18.3 Å². The van der Waals surface area contributed by atoms with Crippen molar-refractivity contribution in [2.24, 2.45) is 5.73 Å². The number of fused-ring (bicyclic) bond motifs is 1. The molecule has 0 saturated carbocycles. The number of aromatic nitrogens is 2. The standard InChI is InChI=1S/C11H13FN4O/c1-6(13)11(17)14-5-10-15-8-3-2-7(12)4-9(8)16-10/h2-4,6H,5,13H2,1H3,(H,14,17)(H,15,16). The summed E-state index contributed by atoms with van der Waals surface area (Å²) in [4.78, 5) is 18.4. The lowest BCUT2D eigenvalue weighted by Crippen LogP contribution is -2.38. The van der Waals surface area contributed by atoms with Gasteiger partial charge in [-0.1, -0.05) is 0 Å². The van der Waals surface area contributed by atoms with Gasteiger partial charge in [0.2, 0.25) is 5.91 Å². The van der Waals surface area contributed by atoms with E-state index in [4.69, 9.17) is 5.73 Å². The Labute approximate surface area is 97.2 Å². The minimum Gasteiger partial charge on any atom is -0.348 e. The van der Waals surface area contributed by atoms with Gasteiger partial charge in [0, 0.05) is 0 Å². The molecular weight excluding hydrogens is 223 g/mol. The molecule has 1 unspecified atom stereocenters. The lowest BCUT2D eigenvalue weighted by molar-refractivity contribution is -0.122. The van der Waals surface area contributed by atoms with E-state index < -0.39 is 6.04 Å². The molecule has 1 atom stereocenters. The third kappa shape index (κ3) is 2.59. The monoisotopic (exact) mass is 236 g/mol. The number of H-pyrrole nitrogens is 1. The molecule has 90 valence electrons. The van der Waals surface area contributed by atoms with Gasteiger partial charge in [-0.2, -0.15) is 0 Å². The van der Waals surface area contributed by atoms with Gasteiger partial charge in [-0.15, -0.1) is 0 Å². The number of rotatable bonds is 3. The molecule has 1 aromatic carbocycles. The number of imidazole rings is 1. The maximum absolute atomic E-state index is 12.9. The fourth-order valence-electron chi connectivity index (χ4n) is 1.45. The molecule has 1 amide bonds. The molecule has 0 saturated heterocycles. The molecule has 5 nitrogen and oxygen atoms in total. The number of halogens is 1. The quantitative estimate of drug-likeness (QED) is 0.732. The SMILES string of the molecule is CC(N)C(=O)NCc1nc2ccc(F)cc2[nH]1. The summed E-state index contributed by atoms with van der Waals surface area (Å²) in [6.07, 6.45) is 0. The van der Waals surface area contributed by atoms with E-state index in [1.807, 2.05) is 0 Å². The van der Waals surface area contributed by atoms with E-state index >= 15 is 0 Å². The van der Waals surface area contributed by atoms with Gasteiger partial charge in [-0.05, 0) is 25.1 Å². The largest absolute Gasteiger partial charge is 0.348 e. The summed E-state index contributed by atoms with van der Waals surface area (Å²) < 4.78 is 12.9. The first-order valence-corrected chi connectivity index (χ1v) is 5.23. The summed E-state index contributed by atoms with van der Waals surface area (Å²) in [5.41, 5.74) is 6.67. The molecule has 2 rings (SSSR count). The summed E-state index contributed by atoms with van der Waals surface area (Å²) in [6.45, 7) is 1.85. The van der Waals surface area contributed by atoms with Gasteiger partial charge in [0.05, 0.1) is 23.6 Å². The van der Waals surface area contributed by atoms with Gasteiger partial charge in [-0.3, -0.25) is 4.79 Å². The average Bonchev–Trinajstić information content (AvgIpc) is 2.67. The summed E-state index contributed by atoms with van der Waals surface area (Å²) in [5.74, 6) is -0.0106. The Bertz CT molecular complexity index is 549. The zero-order valence-electron chi connectivity index (χ0n) is 9.33. The van der Waals surface area contributed by atoms with Crippen LogP contribution in [0.3, 0.4) is 0 Å². The second-order valence-electron chi connectivity index (χ2n) is 3.85. The van der Waals surface area contributed by atoms with Crippen molar-refractivity contribution in [1.82, 2.24) is 15.3 Å². The van der Waals surface area contributed by atoms with Crippen LogP contribution in [0.5, 0.6) is 0 Å². The molecule has 0 aliphatic rings. The topological polar surface area (TPSA) is 83.8 Å². The molecule has 1 heterocycles. The molecule has 0 spiro atoms. The average molecular weight is 236 g/mol. The van der Waals surface area contributed by atoms with Crippen LogP contribution < -0.4 is 11.1 Å². The summed E-state index contributed by atoms with van der Waals surface area (Å²) >= 11 is 0. The molecule has 0 fully saturated rings. The molecule has 0 radical (unpaired) electrons. The number of benzene rings is 1. The van der Waals surface area contributed by atoms with E-state index in [2.05, 4.69) is 15.3 Å². The van der Waals surface area contributed by atoms with E-state index in [1.165, 1.54) is 12.1 Å². The lowest BCUT2D eigenvalue weighted by Gasteiger charge is -2.05. The van der Waals surface area contributed by atoms with E-state index in [1.54, 1.807) is 13.0 Å². The highest BCUT2D eigenvalue weighted by Gasteiger charge is 2.08. The van der Waals surface area contributed by atoms with E-state index in [0.717, 1.165) is 0 Å². The van der Waals surface area contributed by atoms with Gasteiger partial charge >= 0.3 is 0 Å². The highest BCUT2D eigenvalue weighted by atomic mass is 19.1. The Morgan fingerprint density at radius 2 is 2.41 bits per heavy atom. The first-order valence-electron chi connectivity index (χ1n) is 5.23. The predicted molar refractivity (Wildman–Crippen MR) is 61.5 cm³/mol. The first kappa shape index (κ1) is 11.5. The van der Waals surface area contributed by atoms with Gasteiger partial charge in [0.25, 0.3) is 0 Å². The van der Waals surface area contributed by atoms with Crippen molar-refractivity contribution in [3.8, 4) is 0 Å². The van der Waals surface area contributed by atoms with Crippen molar-refractivity contribution in [3.05, 3.63) is 29.8 Å². The number of carbonyl (C=O) groups excluding carboxylic acids is 1. The Morgan fingerprint density at radius 1 is 1.65 bits per heavy atom. The zero-order valence-corrected chi connectivity index (χ0v) is 9.33. The number of nitrogens with one attached hydrogen (secondary N) is 2. The van der Waals surface area contributed by atoms with Crippen molar-refractivity contribution in [2.75, 3.05) is 0 Å². The number of aromatic amines is 1. The maximum Gasteiger partial charge on any atom is 0.237 e. The molecule has 0 aliphatic heterocycles. The zero-order chi connectivity index (χ0) is 12.4. The van der Waals surface area contributed by atoms with Crippen LogP contribution in [0.4, 0.5) is 4.39 Å². The third-order valence-corrected chi connectivity index (χ3v) is 2.34. The van der Waals surface area contributed by atoms with Crippen molar-refractivity contribution in [2.45, 2.75) is 19.5 Å². The van der Waals surface area contributed by atoms with Crippen molar-refractivity contribution >= 4 is 16.9 Å². The maximum atomic E-state index is 12.9. The van der Waals surface area contributed by atoms with Gasteiger partial charge in [-0.25, -0.2) is 9.37 Å². The molecule has 17 heavy (non-hydrogen) atoms. The van der Waals surface area contributed by atoms with Crippen LogP contribution in [0, 0.1) is 5.82 Å². The fraction of sp³-hybridized carbons (Fsp3) is 0.273. The number of nitrogens with two attached hydrogens (primary N) is 1. The number of hydrogen-bond acceptors (Lipinski definition) is 3. The normalized spacial score (nSPS) is 12.6. The predicted octanol–water partition coefficient (Wildman–Crippen LogP) is 0.665. The molecule has 2 aromatic rings. The number of nitrogens with zero attached hydrogens (tertiary/aromatic N) is 1. The summed E-state index contributed by atoms with van der Waals surface area (Å²) in [6, 6.07) is 3.72. The number of amides is 1. The first-order chi connectivity index (χ1) is 8.06. The van der Waals surface area contributed by atoms with Crippen LogP contribution in [0.15, 0.2) is 18.2 Å². The minimum absolute atomic E-state index is 0.247. The van der Waals surface area contributed by atoms with Crippen LogP contribution in [0.2, 0.25) is 0 Å². The van der Waals surface area contributed by atoms with Gasteiger partial charge < -0.3 is 16.0 Å². The van der Waals surface area contributed by atoms with E-state index in [0.29, 0.717) is 16.9 Å². The van der Waals surface area contributed by atoms with Gasteiger partial charge in [0.1, 0.15) is 11.6 Å². The van der Waals surface area contributed by atoms with Gasteiger partial charge in [0.15, 0.2) is 0 Å². The van der Waals surface area contributed by atoms with Crippen molar-refractivity contribution in [1.29, 1.82) is 0 Å². The second kappa shape index (κ2) is 4.50. The molecule has 1 aromatic heterocycles. The summed E-state index contributed by atoms with van der Waals surface area (Å²) in [7, 11) is 0. The smallest absolute Gasteiger partial charge is 0.237 e. The van der Waals surface area contributed by atoms with E-state index in [9.17, 15) is 9.18 Å². The Hall–Kier alpha value is -1.95. The summed E-state index contributed by atoms with van der Waals surface area (Å²) in [5, 5.41) is 2.62. The highest BCUT2D eigenvalue weighted by Crippen LogP contribution is 2.12.